The van der Waals surface area contributed by atoms with Crippen molar-refractivity contribution in [2.75, 3.05) is 0 Å². The Hall–Kier alpha value is -1.84. The molecule has 1 N–H and O–H groups in total. The van der Waals surface area contributed by atoms with Crippen molar-refractivity contribution in [3.05, 3.63) is 29.6 Å². The summed E-state index contributed by atoms with van der Waals surface area (Å²) < 4.78 is 2.22. The summed E-state index contributed by atoms with van der Waals surface area (Å²) in [6.45, 7) is 6.46. The van der Waals surface area contributed by atoms with Gasteiger partial charge in [0.1, 0.15) is 11.3 Å². The molecule has 0 spiro atoms. The molecule has 0 radical (unpaired) electrons. The number of fused-ring (bicyclic) bond motifs is 1. The van der Waals surface area contributed by atoms with Gasteiger partial charge in [-0.05, 0) is 31.9 Å². The number of carboxylic acids is 1. The SMILES string of the molecule is CCCc1nc2c(C(=O)O)cccc2n1C(C)CCC. The summed E-state index contributed by atoms with van der Waals surface area (Å²) in [6, 6.07) is 5.75. The van der Waals surface area contributed by atoms with Crippen molar-refractivity contribution in [3.8, 4) is 0 Å². The van der Waals surface area contributed by atoms with Crippen molar-refractivity contribution in [1.82, 2.24) is 9.55 Å². The molecule has 0 amide bonds. The van der Waals surface area contributed by atoms with Crippen molar-refractivity contribution >= 4 is 17.0 Å². The monoisotopic (exact) mass is 274 g/mol. The summed E-state index contributed by atoms with van der Waals surface area (Å²) in [5.74, 6) is 0.0867. The number of aromatic carboxylic acids is 1. The van der Waals surface area contributed by atoms with Gasteiger partial charge in [0.15, 0.2) is 0 Å². The van der Waals surface area contributed by atoms with Crippen LogP contribution in [-0.4, -0.2) is 20.6 Å². The highest BCUT2D eigenvalue weighted by molar-refractivity contribution is 6.01. The van der Waals surface area contributed by atoms with Gasteiger partial charge in [0.05, 0.1) is 11.1 Å². The highest BCUT2D eigenvalue weighted by Gasteiger charge is 2.19. The molecule has 0 saturated heterocycles. The number of hydrogen-bond acceptors (Lipinski definition) is 2. The first-order valence-corrected chi connectivity index (χ1v) is 7.33. The van der Waals surface area contributed by atoms with Crippen molar-refractivity contribution in [2.24, 2.45) is 0 Å². The van der Waals surface area contributed by atoms with Crippen LogP contribution in [0.1, 0.15) is 62.3 Å². The van der Waals surface area contributed by atoms with Crippen LogP contribution in [-0.2, 0) is 6.42 Å². The Morgan fingerprint density at radius 2 is 2.10 bits per heavy atom. The van der Waals surface area contributed by atoms with Gasteiger partial charge in [0, 0.05) is 12.5 Å². The highest BCUT2D eigenvalue weighted by atomic mass is 16.4. The smallest absolute Gasteiger partial charge is 0.337 e. The number of nitrogens with zero attached hydrogens (tertiary/aromatic N) is 2. The Labute approximate surface area is 119 Å². The lowest BCUT2D eigenvalue weighted by Crippen LogP contribution is -2.09. The zero-order chi connectivity index (χ0) is 14.7. The molecule has 1 aromatic heterocycles. The molecule has 0 bridgehead atoms. The number of para-hydroxylation sites is 1. The molecule has 0 aliphatic heterocycles. The minimum atomic E-state index is -0.911. The Kier molecular flexibility index (Phi) is 4.42. The zero-order valence-electron chi connectivity index (χ0n) is 12.4. The zero-order valence-corrected chi connectivity index (χ0v) is 12.4. The van der Waals surface area contributed by atoms with Gasteiger partial charge in [-0.2, -0.15) is 0 Å². The quantitative estimate of drug-likeness (QED) is 0.864. The molecular formula is C16H22N2O2. The molecule has 0 aliphatic carbocycles. The first-order valence-electron chi connectivity index (χ1n) is 7.33. The molecule has 0 saturated carbocycles. The Morgan fingerprint density at radius 1 is 1.35 bits per heavy atom. The van der Waals surface area contributed by atoms with Gasteiger partial charge in [-0.15, -0.1) is 0 Å². The van der Waals surface area contributed by atoms with E-state index in [1.807, 2.05) is 6.07 Å². The molecule has 20 heavy (non-hydrogen) atoms. The summed E-state index contributed by atoms with van der Waals surface area (Å²) in [6.07, 6.45) is 4.05. The molecule has 1 unspecified atom stereocenters. The van der Waals surface area contributed by atoms with Gasteiger partial charge in [0.2, 0.25) is 0 Å². The molecule has 1 aromatic carbocycles. The highest BCUT2D eigenvalue weighted by Crippen LogP contribution is 2.27. The van der Waals surface area contributed by atoms with Crippen LogP contribution >= 0.6 is 0 Å². The minimum absolute atomic E-state index is 0.294. The molecule has 108 valence electrons. The standard InChI is InChI=1S/C16H22N2O2/c1-4-7-11(3)18-13-10-6-9-12(16(19)20)15(13)17-14(18)8-5-2/h6,9-11H,4-5,7-8H2,1-3H3,(H,19,20). The lowest BCUT2D eigenvalue weighted by Gasteiger charge is -2.16. The lowest BCUT2D eigenvalue weighted by atomic mass is 10.1. The van der Waals surface area contributed by atoms with E-state index >= 15 is 0 Å². The van der Waals surface area contributed by atoms with Gasteiger partial charge < -0.3 is 9.67 Å². The van der Waals surface area contributed by atoms with Crippen molar-refractivity contribution in [3.63, 3.8) is 0 Å². The molecule has 2 rings (SSSR count). The Balaban J connectivity index is 2.66. The predicted octanol–water partition coefficient (Wildman–Crippen LogP) is 4.05. The van der Waals surface area contributed by atoms with E-state index < -0.39 is 5.97 Å². The minimum Gasteiger partial charge on any atom is -0.478 e. The molecule has 1 atom stereocenters. The normalized spacial score (nSPS) is 12.8. The Bertz CT molecular complexity index is 616. The topological polar surface area (TPSA) is 55.1 Å². The number of aromatic nitrogens is 2. The van der Waals surface area contributed by atoms with Crippen LogP contribution in [0.3, 0.4) is 0 Å². The van der Waals surface area contributed by atoms with Crippen LogP contribution in [0.2, 0.25) is 0 Å². The summed E-state index contributed by atoms with van der Waals surface area (Å²) in [5, 5.41) is 9.31. The third-order valence-corrected chi connectivity index (χ3v) is 3.64. The van der Waals surface area contributed by atoms with Crippen LogP contribution in [0, 0.1) is 0 Å². The molecule has 1 heterocycles. The number of benzene rings is 1. The van der Waals surface area contributed by atoms with Crippen LogP contribution in [0.5, 0.6) is 0 Å². The second kappa shape index (κ2) is 6.07. The van der Waals surface area contributed by atoms with Crippen LogP contribution in [0.25, 0.3) is 11.0 Å². The van der Waals surface area contributed by atoms with E-state index in [1.165, 1.54) is 0 Å². The maximum absolute atomic E-state index is 11.3. The molecule has 4 nitrogen and oxygen atoms in total. The summed E-state index contributed by atoms with van der Waals surface area (Å²) >= 11 is 0. The molecule has 2 aromatic rings. The van der Waals surface area contributed by atoms with Gasteiger partial charge in [0.25, 0.3) is 0 Å². The van der Waals surface area contributed by atoms with Gasteiger partial charge in [-0.1, -0.05) is 26.3 Å². The second-order valence-electron chi connectivity index (χ2n) is 5.26. The molecule has 0 fully saturated rings. The first kappa shape index (κ1) is 14.6. The number of rotatable bonds is 6. The number of hydrogen-bond donors (Lipinski definition) is 1. The average Bonchev–Trinajstić information content (AvgIpc) is 2.76. The van der Waals surface area contributed by atoms with Crippen molar-refractivity contribution in [1.29, 1.82) is 0 Å². The third-order valence-electron chi connectivity index (χ3n) is 3.64. The van der Waals surface area contributed by atoms with Gasteiger partial charge in [-0.3, -0.25) is 0 Å². The molecular weight excluding hydrogens is 252 g/mol. The van der Waals surface area contributed by atoms with Crippen molar-refractivity contribution < 1.29 is 9.90 Å². The summed E-state index contributed by atoms with van der Waals surface area (Å²) in [7, 11) is 0. The Morgan fingerprint density at radius 3 is 2.70 bits per heavy atom. The van der Waals surface area contributed by atoms with E-state index in [0.717, 1.165) is 37.0 Å². The number of carbonyl (C=O) groups is 1. The van der Waals surface area contributed by atoms with Crippen LogP contribution < -0.4 is 0 Å². The first-order chi connectivity index (χ1) is 9.60. The number of carboxylic acid groups (broad SMARTS) is 1. The fourth-order valence-electron chi connectivity index (χ4n) is 2.78. The molecule has 4 heteroatoms. The maximum atomic E-state index is 11.3. The average molecular weight is 274 g/mol. The fourth-order valence-corrected chi connectivity index (χ4v) is 2.78. The summed E-state index contributed by atoms with van der Waals surface area (Å²) in [5.41, 5.74) is 1.85. The van der Waals surface area contributed by atoms with E-state index in [-0.39, 0.29) is 0 Å². The van der Waals surface area contributed by atoms with Crippen molar-refractivity contribution in [2.45, 2.75) is 52.5 Å². The predicted molar refractivity (Wildman–Crippen MR) is 80.3 cm³/mol. The largest absolute Gasteiger partial charge is 0.478 e. The van der Waals surface area contributed by atoms with E-state index in [2.05, 4.69) is 30.3 Å². The fraction of sp³-hybridized carbons (Fsp3) is 0.500. The van der Waals surface area contributed by atoms with Crippen LogP contribution in [0.15, 0.2) is 18.2 Å². The number of aryl methyl sites for hydroxylation is 1. The van der Waals surface area contributed by atoms with Gasteiger partial charge in [-0.25, -0.2) is 9.78 Å². The van der Waals surface area contributed by atoms with E-state index in [0.29, 0.717) is 17.1 Å². The van der Waals surface area contributed by atoms with E-state index in [1.54, 1.807) is 12.1 Å². The maximum Gasteiger partial charge on any atom is 0.337 e. The van der Waals surface area contributed by atoms with Gasteiger partial charge >= 0.3 is 5.97 Å². The number of imidazole rings is 1. The third kappa shape index (κ3) is 2.55. The lowest BCUT2D eigenvalue weighted by molar-refractivity contribution is 0.0699. The molecule has 0 aliphatic rings. The summed E-state index contributed by atoms with van der Waals surface area (Å²) in [4.78, 5) is 15.9. The van der Waals surface area contributed by atoms with E-state index in [4.69, 9.17) is 0 Å². The second-order valence-corrected chi connectivity index (χ2v) is 5.26. The van der Waals surface area contributed by atoms with Crippen LogP contribution in [0.4, 0.5) is 0 Å². The van der Waals surface area contributed by atoms with E-state index in [9.17, 15) is 9.90 Å².